The zero-order valence-corrected chi connectivity index (χ0v) is 9.12. The van der Waals surface area contributed by atoms with Crippen LogP contribution in [0.25, 0.3) is 11.0 Å². The lowest BCUT2D eigenvalue weighted by molar-refractivity contribution is 0.758. The number of aromatic nitrogens is 4. The van der Waals surface area contributed by atoms with E-state index in [0.717, 1.165) is 0 Å². The van der Waals surface area contributed by atoms with Crippen LogP contribution in [0.3, 0.4) is 0 Å². The number of fused-ring (bicyclic) bond motifs is 1. The second kappa shape index (κ2) is 2.81. The summed E-state index contributed by atoms with van der Waals surface area (Å²) in [5, 5.41) is 3.98. The zero-order chi connectivity index (χ0) is 10.5. The maximum atomic E-state index is 11.4. The Morgan fingerprint density at radius 1 is 1.36 bits per heavy atom. The SMILES string of the molecule is Cn1nc2c(=O)[nH]c(=O)n(C)c2c1Br. The molecular weight excluding hydrogens is 252 g/mol. The Morgan fingerprint density at radius 3 is 2.64 bits per heavy atom. The predicted octanol–water partition coefficient (Wildman–Crippen LogP) is -0.277. The highest BCUT2D eigenvalue weighted by Crippen LogP contribution is 2.17. The maximum Gasteiger partial charge on any atom is 0.328 e. The first-order valence-corrected chi connectivity index (χ1v) is 4.63. The highest BCUT2D eigenvalue weighted by atomic mass is 79.9. The average Bonchev–Trinajstić information content (AvgIpc) is 2.41. The lowest BCUT2D eigenvalue weighted by atomic mass is 10.4. The van der Waals surface area contributed by atoms with Crippen LogP contribution in [0.1, 0.15) is 0 Å². The third kappa shape index (κ3) is 1.05. The standard InChI is InChI=1S/C7H7BrN4O2/c1-11-4-3(6(13)9-7(11)14)10-12(2)5(4)8/h1-2H3,(H,9,13,14). The van der Waals surface area contributed by atoms with E-state index >= 15 is 0 Å². The third-order valence-electron chi connectivity index (χ3n) is 2.03. The number of nitrogens with zero attached hydrogens (tertiary/aromatic N) is 3. The number of rotatable bonds is 0. The molecule has 0 aliphatic heterocycles. The van der Waals surface area contributed by atoms with Gasteiger partial charge in [0, 0.05) is 14.1 Å². The van der Waals surface area contributed by atoms with Crippen LogP contribution in [-0.4, -0.2) is 19.3 Å². The summed E-state index contributed by atoms with van der Waals surface area (Å²) in [4.78, 5) is 24.8. The van der Waals surface area contributed by atoms with Crippen LogP contribution in [0, 0.1) is 0 Å². The molecule has 2 heterocycles. The van der Waals surface area contributed by atoms with Gasteiger partial charge in [0.1, 0.15) is 10.1 Å². The monoisotopic (exact) mass is 258 g/mol. The number of aryl methyl sites for hydroxylation is 2. The molecule has 74 valence electrons. The second-order valence-electron chi connectivity index (χ2n) is 2.93. The molecule has 0 radical (unpaired) electrons. The first-order chi connectivity index (χ1) is 6.52. The van der Waals surface area contributed by atoms with Crippen LogP contribution in [0.4, 0.5) is 0 Å². The van der Waals surface area contributed by atoms with Crippen LogP contribution < -0.4 is 11.2 Å². The lowest BCUT2D eigenvalue weighted by Gasteiger charge is -1.97. The summed E-state index contributed by atoms with van der Waals surface area (Å²) in [7, 11) is 3.26. The van der Waals surface area contributed by atoms with Crippen LogP contribution in [0.2, 0.25) is 0 Å². The van der Waals surface area contributed by atoms with E-state index in [9.17, 15) is 9.59 Å². The molecule has 0 aliphatic rings. The van der Waals surface area contributed by atoms with Crippen molar-refractivity contribution >= 4 is 27.0 Å². The lowest BCUT2D eigenvalue weighted by Crippen LogP contribution is -2.28. The van der Waals surface area contributed by atoms with Crippen molar-refractivity contribution in [1.82, 2.24) is 19.3 Å². The number of hydrogen-bond donors (Lipinski definition) is 1. The third-order valence-corrected chi connectivity index (χ3v) is 2.92. The van der Waals surface area contributed by atoms with E-state index < -0.39 is 11.2 Å². The summed E-state index contributed by atoms with van der Waals surface area (Å²) >= 11 is 3.26. The average molecular weight is 259 g/mol. The van der Waals surface area contributed by atoms with E-state index in [0.29, 0.717) is 10.1 Å². The molecular formula is C7H7BrN4O2. The molecule has 7 heteroatoms. The number of halogens is 1. The van der Waals surface area contributed by atoms with Crippen molar-refractivity contribution in [2.24, 2.45) is 14.1 Å². The largest absolute Gasteiger partial charge is 0.328 e. The molecule has 0 fully saturated rings. The van der Waals surface area contributed by atoms with Crippen molar-refractivity contribution in [2.45, 2.75) is 0 Å². The molecule has 0 aliphatic carbocycles. The van der Waals surface area contributed by atoms with Crippen LogP contribution in [-0.2, 0) is 14.1 Å². The molecule has 6 nitrogen and oxygen atoms in total. The Morgan fingerprint density at radius 2 is 2.00 bits per heavy atom. The maximum absolute atomic E-state index is 11.4. The molecule has 0 amide bonds. The van der Waals surface area contributed by atoms with E-state index in [4.69, 9.17) is 0 Å². The van der Waals surface area contributed by atoms with E-state index in [1.165, 1.54) is 9.25 Å². The van der Waals surface area contributed by atoms with Crippen LogP contribution in [0.5, 0.6) is 0 Å². The van der Waals surface area contributed by atoms with Crippen molar-refractivity contribution in [3.05, 3.63) is 25.4 Å². The first-order valence-electron chi connectivity index (χ1n) is 3.84. The van der Waals surface area contributed by atoms with Gasteiger partial charge in [-0.15, -0.1) is 0 Å². The summed E-state index contributed by atoms with van der Waals surface area (Å²) in [6, 6.07) is 0. The van der Waals surface area contributed by atoms with Crippen molar-refractivity contribution < 1.29 is 0 Å². The molecule has 0 aromatic carbocycles. The molecule has 0 unspecified atom stereocenters. The Kier molecular flexibility index (Phi) is 1.84. The topological polar surface area (TPSA) is 72.7 Å². The molecule has 2 aromatic heterocycles. The van der Waals surface area contributed by atoms with E-state index in [2.05, 4.69) is 26.0 Å². The quantitative estimate of drug-likeness (QED) is 0.707. The van der Waals surface area contributed by atoms with Gasteiger partial charge in [-0.1, -0.05) is 0 Å². The zero-order valence-electron chi connectivity index (χ0n) is 7.54. The van der Waals surface area contributed by atoms with Gasteiger partial charge in [-0.3, -0.25) is 19.0 Å². The molecule has 14 heavy (non-hydrogen) atoms. The van der Waals surface area contributed by atoms with Crippen molar-refractivity contribution in [2.75, 3.05) is 0 Å². The van der Waals surface area contributed by atoms with Gasteiger partial charge in [-0.25, -0.2) is 4.79 Å². The van der Waals surface area contributed by atoms with Gasteiger partial charge in [0.2, 0.25) is 0 Å². The molecule has 0 spiro atoms. The van der Waals surface area contributed by atoms with Crippen LogP contribution >= 0.6 is 15.9 Å². The highest BCUT2D eigenvalue weighted by Gasteiger charge is 2.13. The number of aromatic amines is 1. The second-order valence-corrected chi connectivity index (χ2v) is 3.68. The van der Waals surface area contributed by atoms with Gasteiger partial charge in [-0.05, 0) is 15.9 Å². The van der Waals surface area contributed by atoms with Crippen molar-refractivity contribution in [3.8, 4) is 0 Å². The van der Waals surface area contributed by atoms with E-state index in [1.807, 2.05) is 0 Å². The Bertz CT molecular complexity index is 621. The molecule has 2 aromatic rings. The number of hydrogen-bond acceptors (Lipinski definition) is 3. The fourth-order valence-electron chi connectivity index (χ4n) is 1.28. The molecule has 2 rings (SSSR count). The van der Waals surface area contributed by atoms with Crippen molar-refractivity contribution in [1.29, 1.82) is 0 Å². The predicted molar refractivity (Wildman–Crippen MR) is 54.3 cm³/mol. The van der Waals surface area contributed by atoms with E-state index in [-0.39, 0.29) is 5.52 Å². The summed E-state index contributed by atoms with van der Waals surface area (Å²) < 4.78 is 3.45. The highest BCUT2D eigenvalue weighted by molar-refractivity contribution is 9.10. The van der Waals surface area contributed by atoms with Gasteiger partial charge < -0.3 is 0 Å². The molecule has 0 bridgehead atoms. The summed E-state index contributed by atoms with van der Waals surface area (Å²) in [6.45, 7) is 0. The summed E-state index contributed by atoms with van der Waals surface area (Å²) in [5.41, 5.74) is -0.164. The first kappa shape index (κ1) is 9.20. The Hall–Kier alpha value is -1.37. The number of H-pyrrole nitrogens is 1. The molecule has 0 saturated heterocycles. The minimum absolute atomic E-state index is 0.251. The van der Waals surface area contributed by atoms with Gasteiger partial charge in [0.15, 0.2) is 5.52 Å². The Balaban J connectivity index is 3.19. The molecule has 1 N–H and O–H groups in total. The van der Waals surface area contributed by atoms with E-state index in [1.54, 1.807) is 14.1 Å². The normalized spacial score (nSPS) is 11.1. The molecule has 0 atom stereocenters. The molecule has 0 saturated carbocycles. The van der Waals surface area contributed by atoms with Crippen LogP contribution in [0.15, 0.2) is 14.2 Å². The minimum Gasteiger partial charge on any atom is -0.292 e. The van der Waals surface area contributed by atoms with Gasteiger partial charge in [0.25, 0.3) is 5.56 Å². The summed E-state index contributed by atoms with van der Waals surface area (Å²) in [6.07, 6.45) is 0. The van der Waals surface area contributed by atoms with Gasteiger partial charge >= 0.3 is 5.69 Å². The van der Waals surface area contributed by atoms with Gasteiger partial charge in [-0.2, -0.15) is 5.10 Å². The fraction of sp³-hybridized carbons (Fsp3) is 0.286. The number of nitrogens with one attached hydrogen (secondary N) is 1. The summed E-state index contributed by atoms with van der Waals surface area (Å²) in [5.74, 6) is 0. The van der Waals surface area contributed by atoms with Crippen molar-refractivity contribution in [3.63, 3.8) is 0 Å². The fourth-order valence-corrected chi connectivity index (χ4v) is 1.82. The smallest absolute Gasteiger partial charge is 0.292 e. The van der Waals surface area contributed by atoms with Gasteiger partial charge in [0.05, 0.1) is 0 Å². The minimum atomic E-state index is -0.468. The Labute approximate surface area is 86.3 Å².